The van der Waals surface area contributed by atoms with Crippen molar-refractivity contribution in [2.24, 2.45) is 0 Å². The molecule has 1 rings (SSSR count). The van der Waals surface area contributed by atoms with Gasteiger partial charge in [-0.15, -0.1) is 11.8 Å². The zero-order chi connectivity index (χ0) is 22.2. The molecular formula is C23H37N3O2S2. The molecule has 0 fully saturated rings. The summed E-state index contributed by atoms with van der Waals surface area (Å²) in [5, 5.41) is 7.28. The molecule has 0 unspecified atom stereocenters. The van der Waals surface area contributed by atoms with Gasteiger partial charge in [0.25, 0.3) is 0 Å². The van der Waals surface area contributed by atoms with Gasteiger partial charge in [-0.25, -0.2) is 4.79 Å². The number of methoxy groups -OCH3 is 1. The van der Waals surface area contributed by atoms with Crippen molar-refractivity contribution < 1.29 is 9.53 Å². The second kappa shape index (κ2) is 16.2. The van der Waals surface area contributed by atoms with Crippen LogP contribution in [-0.4, -0.2) is 55.0 Å². The largest absolute Gasteiger partial charge is 0.466 e. The summed E-state index contributed by atoms with van der Waals surface area (Å²) in [4.78, 5) is 15.0. The van der Waals surface area contributed by atoms with Crippen LogP contribution in [0.4, 0.5) is 5.69 Å². The number of ether oxygens (including phenoxy) is 1. The van der Waals surface area contributed by atoms with E-state index in [1.54, 1.807) is 6.08 Å². The van der Waals surface area contributed by atoms with Gasteiger partial charge in [-0.3, -0.25) is 0 Å². The number of hydrogen-bond donors (Lipinski definition) is 2. The predicted octanol–water partition coefficient (Wildman–Crippen LogP) is 5.17. The molecule has 0 saturated heterocycles. The van der Waals surface area contributed by atoms with Crippen LogP contribution >= 0.6 is 24.0 Å². The molecule has 0 radical (unpaired) electrons. The topological polar surface area (TPSA) is 53.6 Å². The van der Waals surface area contributed by atoms with E-state index in [9.17, 15) is 4.79 Å². The lowest BCUT2D eigenvalue weighted by Gasteiger charge is -2.19. The fraction of sp³-hybridized carbons (Fsp3) is 0.565. The molecule has 0 aromatic heterocycles. The Morgan fingerprint density at radius 3 is 2.63 bits per heavy atom. The van der Waals surface area contributed by atoms with Crippen molar-refractivity contribution in [3.8, 4) is 0 Å². The number of thiocarbonyl (C=S) groups is 1. The Kier molecular flexibility index (Phi) is 14.3. The minimum atomic E-state index is -0.369. The predicted molar refractivity (Wildman–Crippen MR) is 134 cm³/mol. The van der Waals surface area contributed by atoms with E-state index in [-0.39, 0.29) is 5.97 Å². The number of nitrogens with one attached hydrogen (secondary N) is 2. The van der Waals surface area contributed by atoms with E-state index < -0.39 is 0 Å². The van der Waals surface area contributed by atoms with Crippen molar-refractivity contribution in [1.29, 1.82) is 0 Å². The van der Waals surface area contributed by atoms with E-state index in [0.717, 1.165) is 54.5 Å². The van der Waals surface area contributed by atoms with Crippen molar-refractivity contribution >= 4 is 46.8 Å². The molecule has 5 nitrogen and oxygen atoms in total. The zero-order valence-electron chi connectivity index (χ0n) is 18.8. The second-order valence-corrected chi connectivity index (χ2v) is 8.47. The molecule has 0 atom stereocenters. The molecule has 0 heterocycles. The summed E-state index contributed by atoms with van der Waals surface area (Å²) in [6.07, 6.45) is 7.99. The van der Waals surface area contributed by atoms with Crippen molar-refractivity contribution in [2.45, 2.75) is 51.3 Å². The smallest absolute Gasteiger partial charge is 0.330 e. The van der Waals surface area contributed by atoms with Gasteiger partial charge < -0.3 is 20.3 Å². The van der Waals surface area contributed by atoms with Gasteiger partial charge in [-0.05, 0) is 55.5 Å². The van der Waals surface area contributed by atoms with Crippen LogP contribution < -0.4 is 10.6 Å². The lowest BCUT2D eigenvalue weighted by Crippen LogP contribution is -2.29. The highest BCUT2D eigenvalue weighted by molar-refractivity contribution is 7.99. The van der Waals surface area contributed by atoms with Crippen LogP contribution in [0.1, 0.15) is 52.0 Å². The molecular weight excluding hydrogens is 414 g/mol. The highest BCUT2D eigenvalue weighted by atomic mass is 32.2. The van der Waals surface area contributed by atoms with Crippen LogP contribution in [0.25, 0.3) is 6.08 Å². The molecule has 0 spiro atoms. The number of rotatable bonds is 14. The van der Waals surface area contributed by atoms with Crippen LogP contribution in [-0.2, 0) is 9.53 Å². The first-order valence-corrected chi connectivity index (χ1v) is 12.2. The number of thioether (sulfide) groups is 1. The average molecular weight is 452 g/mol. The third kappa shape index (κ3) is 11.0. The summed E-state index contributed by atoms with van der Waals surface area (Å²) < 4.78 is 4.68. The molecule has 1 aromatic rings. The Labute approximate surface area is 192 Å². The standard InChI is InChI=1S/C23H37N3O2S2/c1-5-8-9-10-15-24-23(29)25-20-18-19(12-14-22(27)28-4)11-13-21(20)30-17-16-26(6-2)7-3/h11-14,18H,5-10,15-17H2,1-4H3,(H2,24,25,29)/b14-12+. The molecule has 30 heavy (non-hydrogen) atoms. The molecule has 168 valence electrons. The van der Waals surface area contributed by atoms with Crippen LogP contribution in [0.5, 0.6) is 0 Å². The van der Waals surface area contributed by atoms with Crippen LogP contribution in [0.15, 0.2) is 29.2 Å². The average Bonchev–Trinajstić information content (AvgIpc) is 2.76. The number of anilines is 1. The minimum absolute atomic E-state index is 0.369. The first-order valence-electron chi connectivity index (χ1n) is 10.8. The molecule has 7 heteroatoms. The van der Waals surface area contributed by atoms with Crippen LogP contribution in [0, 0.1) is 0 Å². The molecule has 2 N–H and O–H groups in total. The lowest BCUT2D eigenvalue weighted by molar-refractivity contribution is -0.134. The normalized spacial score (nSPS) is 11.1. The Bertz CT molecular complexity index is 676. The maximum Gasteiger partial charge on any atom is 0.330 e. The van der Waals surface area contributed by atoms with E-state index in [1.165, 1.54) is 32.4 Å². The number of carbonyl (C=O) groups is 1. The Morgan fingerprint density at radius 1 is 1.20 bits per heavy atom. The SMILES string of the molecule is CCCCCCNC(=S)Nc1cc(/C=C/C(=O)OC)ccc1SCCN(CC)CC. The van der Waals surface area contributed by atoms with Gasteiger partial charge in [0.2, 0.25) is 0 Å². The van der Waals surface area contributed by atoms with Crippen LogP contribution in [0.2, 0.25) is 0 Å². The molecule has 0 aliphatic heterocycles. The number of nitrogens with zero attached hydrogens (tertiary/aromatic N) is 1. The number of esters is 1. The van der Waals surface area contributed by atoms with E-state index in [0.29, 0.717) is 5.11 Å². The van der Waals surface area contributed by atoms with E-state index in [2.05, 4.69) is 47.1 Å². The van der Waals surface area contributed by atoms with E-state index in [4.69, 9.17) is 12.2 Å². The van der Waals surface area contributed by atoms with Crippen molar-refractivity contribution in [2.75, 3.05) is 44.4 Å². The number of unbranched alkanes of at least 4 members (excludes halogenated alkanes) is 3. The molecule has 0 bridgehead atoms. The summed E-state index contributed by atoms with van der Waals surface area (Å²) in [7, 11) is 1.37. The molecule has 0 saturated carbocycles. The summed E-state index contributed by atoms with van der Waals surface area (Å²) in [6, 6.07) is 6.10. The Morgan fingerprint density at radius 2 is 1.97 bits per heavy atom. The molecule has 0 aliphatic carbocycles. The summed E-state index contributed by atoms with van der Waals surface area (Å²) in [6.45, 7) is 10.6. The fourth-order valence-corrected chi connectivity index (χ4v) is 4.06. The monoisotopic (exact) mass is 451 g/mol. The third-order valence-corrected chi connectivity index (χ3v) is 6.04. The number of benzene rings is 1. The molecule has 0 aliphatic rings. The van der Waals surface area contributed by atoms with Crippen molar-refractivity contribution in [1.82, 2.24) is 10.2 Å². The van der Waals surface area contributed by atoms with Gasteiger partial charge in [-0.2, -0.15) is 0 Å². The lowest BCUT2D eigenvalue weighted by atomic mass is 10.2. The highest BCUT2D eigenvalue weighted by Crippen LogP contribution is 2.29. The quantitative estimate of drug-likeness (QED) is 0.133. The summed E-state index contributed by atoms with van der Waals surface area (Å²) >= 11 is 7.32. The van der Waals surface area contributed by atoms with E-state index >= 15 is 0 Å². The van der Waals surface area contributed by atoms with Gasteiger partial charge >= 0.3 is 5.97 Å². The molecule has 1 aromatic carbocycles. The summed E-state index contributed by atoms with van der Waals surface area (Å²) in [5.41, 5.74) is 1.87. The molecule has 0 amide bonds. The van der Waals surface area contributed by atoms with Gasteiger partial charge in [0.05, 0.1) is 12.8 Å². The zero-order valence-corrected chi connectivity index (χ0v) is 20.5. The van der Waals surface area contributed by atoms with Crippen LogP contribution in [0.3, 0.4) is 0 Å². The fourth-order valence-electron chi connectivity index (χ4n) is 2.85. The summed E-state index contributed by atoms with van der Waals surface area (Å²) in [5.74, 6) is 0.636. The second-order valence-electron chi connectivity index (χ2n) is 6.93. The van der Waals surface area contributed by atoms with Gasteiger partial charge in [0.15, 0.2) is 5.11 Å². The number of hydrogen-bond acceptors (Lipinski definition) is 5. The van der Waals surface area contributed by atoms with Crippen molar-refractivity contribution in [3.63, 3.8) is 0 Å². The van der Waals surface area contributed by atoms with Gasteiger partial charge in [0, 0.05) is 29.8 Å². The van der Waals surface area contributed by atoms with Gasteiger partial charge in [0.1, 0.15) is 0 Å². The third-order valence-electron chi connectivity index (χ3n) is 4.74. The first-order chi connectivity index (χ1) is 14.5. The van der Waals surface area contributed by atoms with Gasteiger partial charge in [-0.1, -0.05) is 46.1 Å². The minimum Gasteiger partial charge on any atom is -0.466 e. The highest BCUT2D eigenvalue weighted by Gasteiger charge is 2.08. The maximum atomic E-state index is 11.4. The van der Waals surface area contributed by atoms with E-state index in [1.807, 2.05) is 23.9 Å². The Balaban J connectivity index is 2.80. The maximum absolute atomic E-state index is 11.4. The van der Waals surface area contributed by atoms with Crippen molar-refractivity contribution in [3.05, 3.63) is 29.8 Å². The number of carbonyl (C=O) groups excluding carboxylic acids is 1. The Hall–Kier alpha value is -1.57. The first kappa shape index (κ1) is 26.5.